The van der Waals surface area contributed by atoms with E-state index in [4.69, 9.17) is 0 Å². The molecule has 0 fully saturated rings. The van der Waals surface area contributed by atoms with Gasteiger partial charge in [0.25, 0.3) is 0 Å². The van der Waals surface area contributed by atoms with Crippen LogP contribution in [0, 0.1) is 0 Å². The molecule has 0 aliphatic heterocycles. The fourth-order valence-corrected chi connectivity index (χ4v) is 1.07. The minimum atomic E-state index is 0.164. The number of hydrogen-bond donors (Lipinski definition) is 2. The molecule has 13 heavy (non-hydrogen) atoms. The molecule has 0 aromatic rings. The highest BCUT2D eigenvalue weighted by Gasteiger charge is 1.98. The molecule has 0 aromatic heterocycles. The Morgan fingerprint density at radius 3 is 2.54 bits per heavy atom. The third kappa shape index (κ3) is 9.34. The molecule has 1 amide bonds. The maximum absolute atomic E-state index is 11.1. The van der Waals surface area contributed by atoms with Crippen molar-refractivity contribution in [2.45, 2.75) is 39.5 Å². The van der Waals surface area contributed by atoms with Crippen LogP contribution in [-0.2, 0) is 4.79 Å². The lowest BCUT2D eigenvalue weighted by Crippen LogP contribution is -2.28. The van der Waals surface area contributed by atoms with Gasteiger partial charge in [0.2, 0.25) is 5.91 Å². The van der Waals surface area contributed by atoms with Gasteiger partial charge in [0, 0.05) is 19.5 Å². The molecule has 3 nitrogen and oxygen atoms in total. The van der Waals surface area contributed by atoms with Crippen LogP contribution in [0.15, 0.2) is 0 Å². The van der Waals surface area contributed by atoms with Crippen LogP contribution in [0.4, 0.5) is 0 Å². The normalized spacial score (nSPS) is 10.0. The first-order valence-electron chi connectivity index (χ1n) is 5.28. The number of carbonyl (C=O) groups is 1. The molecule has 0 rings (SSSR count). The van der Waals surface area contributed by atoms with Crippen molar-refractivity contribution in [2.24, 2.45) is 0 Å². The van der Waals surface area contributed by atoms with Gasteiger partial charge in [0.15, 0.2) is 0 Å². The highest BCUT2D eigenvalue weighted by molar-refractivity contribution is 5.75. The van der Waals surface area contributed by atoms with Gasteiger partial charge in [-0.05, 0) is 13.0 Å². The van der Waals surface area contributed by atoms with Crippen molar-refractivity contribution in [1.82, 2.24) is 10.6 Å². The van der Waals surface area contributed by atoms with Crippen LogP contribution in [0.1, 0.15) is 39.5 Å². The van der Waals surface area contributed by atoms with Gasteiger partial charge in [-0.2, -0.15) is 0 Å². The minimum absolute atomic E-state index is 0.164. The van der Waals surface area contributed by atoms with Gasteiger partial charge >= 0.3 is 0 Å². The molecule has 0 spiro atoms. The molecule has 2 N–H and O–H groups in total. The lowest BCUT2D eigenvalue weighted by Gasteiger charge is -2.04. The number of hydrogen-bond acceptors (Lipinski definition) is 2. The summed E-state index contributed by atoms with van der Waals surface area (Å²) in [5.41, 5.74) is 0. The van der Waals surface area contributed by atoms with Gasteiger partial charge in [-0.1, -0.05) is 26.7 Å². The van der Waals surface area contributed by atoms with Crippen molar-refractivity contribution in [3.63, 3.8) is 0 Å². The van der Waals surface area contributed by atoms with Crippen molar-refractivity contribution >= 4 is 5.91 Å². The number of rotatable bonds is 8. The maximum atomic E-state index is 11.1. The first-order chi connectivity index (χ1) is 6.31. The predicted molar refractivity (Wildman–Crippen MR) is 55.7 cm³/mol. The van der Waals surface area contributed by atoms with E-state index in [1.54, 1.807) is 0 Å². The average molecular weight is 186 g/mol. The van der Waals surface area contributed by atoms with Gasteiger partial charge in [-0.25, -0.2) is 0 Å². The molecular formula is C10H22N2O. The van der Waals surface area contributed by atoms with E-state index in [9.17, 15) is 4.79 Å². The highest BCUT2D eigenvalue weighted by atomic mass is 16.1. The van der Waals surface area contributed by atoms with E-state index in [1.165, 1.54) is 12.8 Å². The molecule has 0 atom stereocenters. The van der Waals surface area contributed by atoms with Crippen LogP contribution < -0.4 is 10.6 Å². The van der Waals surface area contributed by atoms with Crippen LogP contribution in [0.5, 0.6) is 0 Å². The second-order valence-electron chi connectivity index (χ2n) is 3.16. The molecular weight excluding hydrogens is 164 g/mol. The molecule has 0 aliphatic carbocycles. The van der Waals surface area contributed by atoms with Crippen molar-refractivity contribution in [3.8, 4) is 0 Å². The van der Waals surface area contributed by atoms with E-state index < -0.39 is 0 Å². The Hall–Kier alpha value is -0.570. The molecule has 0 saturated heterocycles. The summed E-state index contributed by atoms with van der Waals surface area (Å²) in [5.74, 6) is 0.164. The molecule has 0 bridgehead atoms. The smallest absolute Gasteiger partial charge is 0.221 e. The first kappa shape index (κ1) is 12.4. The molecule has 0 unspecified atom stereocenters. The number of nitrogens with one attached hydrogen (secondary N) is 2. The fraction of sp³-hybridized carbons (Fsp3) is 0.900. The van der Waals surface area contributed by atoms with E-state index in [0.717, 1.165) is 26.1 Å². The summed E-state index contributed by atoms with van der Waals surface area (Å²) in [6.07, 6.45) is 4.10. The fourth-order valence-electron chi connectivity index (χ4n) is 1.07. The molecule has 0 aromatic carbocycles. The first-order valence-corrected chi connectivity index (χ1v) is 5.28. The Balaban J connectivity index is 3.11. The zero-order valence-electron chi connectivity index (χ0n) is 8.86. The standard InChI is InChI=1S/C10H22N2O/c1-3-5-6-8-12-10(13)7-9-11-4-2/h11H,3-9H2,1-2H3,(H,12,13). The van der Waals surface area contributed by atoms with Gasteiger partial charge < -0.3 is 10.6 Å². The Morgan fingerprint density at radius 1 is 1.15 bits per heavy atom. The van der Waals surface area contributed by atoms with Gasteiger partial charge in [-0.3, -0.25) is 4.79 Å². The molecule has 0 aliphatic rings. The molecule has 0 radical (unpaired) electrons. The summed E-state index contributed by atoms with van der Waals surface area (Å²) in [6.45, 7) is 6.75. The van der Waals surface area contributed by atoms with Crippen molar-refractivity contribution in [1.29, 1.82) is 0 Å². The van der Waals surface area contributed by atoms with E-state index in [2.05, 4.69) is 17.6 Å². The lowest BCUT2D eigenvalue weighted by atomic mass is 10.2. The lowest BCUT2D eigenvalue weighted by molar-refractivity contribution is -0.120. The van der Waals surface area contributed by atoms with Crippen LogP contribution in [0.25, 0.3) is 0 Å². The monoisotopic (exact) mass is 186 g/mol. The zero-order chi connectivity index (χ0) is 9.94. The largest absolute Gasteiger partial charge is 0.356 e. The third-order valence-electron chi connectivity index (χ3n) is 1.88. The maximum Gasteiger partial charge on any atom is 0.221 e. The second kappa shape index (κ2) is 9.52. The van der Waals surface area contributed by atoms with E-state index in [0.29, 0.717) is 6.42 Å². The minimum Gasteiger partial charge on any atom is -0.356 e. The van der Waals surface area contributed by atoms with Gasteiger partial charge in [0.1, 0.15) is 0 Å². The quantitative estimate of drug-likeness (QED) is 0.561. The summed E-state index contributed by atoms with van der Waals surface area (Å²) < 4.78 is 0. The molecule has 3 heteroatoms. The van der Waals surface area contributed by atoms with Crippen LogP contribution in [0.2, 0.25) is 0 Å². The number of carbonyl (C=O) groups excluding carboxylic acids is 1. The van der Waals surface area contributed by atoms with E-state index in [-0.39, 0.29) is 5.91 Å². The SMILES string of the molecule is CCCCCNC(=O)CCNCC. The Labute approximate surface area is 81.3 Å². The Kier molecular flexibility index (Phi) is 9.10. The van der Waals surface area contributed by atoms with Gasteiger partial charge in [0.05, 0.1) is 0 Å². The van der Waals surface area contributed by atoms with Crippen LogP contribution in [-0.4, -0.2) is 25.5 Å². The molecule has 0 saturated carbocycles. The van der Waals surface area contributed by atoms with E-state index in [1.807, 2.05) is 6.92 Å². The summed E-state index contributed by atoms with van der Waals surface area (Å²) >= 11 is 0. The predicted octanol–water partition coefficient (Wildman–Crippen LogP) is 1.29. The Morgan fingerprint density at radius 2 is 1.92 bits per heavy atom. The number of unbranched alkanes of at least 4 members (excludes halogenated alkanes) is 2. The summed E-state index contributed by atoms with van der Waals surface area (Å²) in [7, 11) is 0. The highest BCUT2D eigenvalue weighted by Crippen LogP contribution is 1.91. The van der Waals surface area contributed by atoms with Crippen molar-refractivity contribution < 1.29 is 4.79 Å². The van der Waals surface area contributed by atoms with Crippen molar-refractivity contribution in [2.75, 3.05) is 19.6 Å². The topological polar surface area (TPSA) is 41.1 Å². The van der Waals surface area contributed by atoms with E-state index >= 15 is 0 Å². The van der Waals surface area contributed by atoms with Crippen LogP contribution >= 0.6 is 0 Å². The third-order valence-corrected chi connectivity index (χ3v) is 1.88. The second-order valence-corrected chi connectivity index (χ2v) is 3.16. The van der Waals surface area contributed by atoms with Crippen LogP contribution in [0.3, 0.4) is 0 Å². The molecule has 78 valence electrons. The molecule has 0 heterocycles. The van der Waals surface area contributed by atoms with Gasteiger partial charge in [-0.15, -0.1) is 0 Å². The van der Waals surface area contributed by atoms with Crippen molar-refractivity contribution in [3.05, 3.63) is 0 Å². The Bertz CT molecular complexity index is 126. The summed E-state index contributed by atoms with van der Waals surface area (Å²) in [5, 5.41) is 6.02. The summed E-state index contributed by atoms with van der Waals surface area (Å²) in [6, 6.07) is 0. The zero-order valence-corrected chi connectivity index (χ0v) is 8.86. The average Bonchev–Trinajstić information content (AvgIpc) is 2.13. The number of amides is 1. The summed E-state index contributed by atoms with van der Waals surface area (Å²) in [4.78, 5) is 11.1.